The van der Waals surface area contributed by atoms with Crippen LogP contribution in [0.3, 0.4) is 0 Å². The van der Waals surface area contributed by atoms with Gasteiger partial charge < -0.3 is 15.3 Å². The summed E-state index contributed by atoms with van der Waals surface area (Å²) in [7, 11) is 0. The Balaban J connectivity index is 1.81. The van der Waals surface area contributed by atoms with E-state index in [1.807, 2.05) is 0 Å². The maximum Gasteiger partial charge on any atom is 0.243 e. The number of aliphatic hydroxyl groups is 1. The van der Waals surface area contributed by atoms with E-state index < -0.39 is 0 Å². The van der Waals surface area contributed by atoms with Crippen molar-refractivity contribution < 1.29 is 14.7 Å². The summed E-state index contributed by atoms with van der Waals surface area (Å²) in [5.74, 6) is 0.0717. The van der Waals surface area contributed by atoms with Crippen molar-refractivity contribution in [3.63, 3.8) is 0 Å². The molecule has 1 saturated heterocycles. The van der Waals surface area contributed by atoms with Crippen LogP contribution in [0.25, 0.3) is 0 Å². The van der Waals surface area contributed by atoms with Gasteiger partial charge in [0.25, 0.3) is 0 Å². The molecule has 102 valence electrons. The number of nitrogens with one attached hydrogen (secondary N) is 1. The molecule has 2 N–H and O–H groups in total. The molecule has 0 radical (unpaired) electrons. The van der Waals surface area contributed by atoms with Gasteiger partial charge in [-0.05, 0) is 38.5 Å². The van der Waals surface area contributed by atoms with Gasteiger partial charge in [0, 0.05) is 25.6 Å². The van der Waals surface area contributed by atoms with E-state index in [9.17, 15) is 9.59 Å². The van der Waals surface area contributed by atoms with Crippen LogP contribution in [0, 0.1) is 0 Å². The topological polar surface area (TPSA) is 69.6 Å². The predicted molar refractivity (Wildman–Crippen MR) is 66.8 cm³/mol. The van der Waals surface area contributed by atoms with Crippen molar-refractivity contribution >= 4 is 11.8 Å². The van der Waals surface area contributed by atoms with Crippen LogP contribution in [0.15, 0.2) is 0 Å². The molecule has 1 saturated carbocycles. The van der Waals surface area contributed by atoms with Crippen LogP contribution in [0.1, 0.15) is 44.9 Å². The summed E-state index contributed by atoms with van der Waals surface area (Å²) < 4.78 is 0. The van der Waals surface area contributed by atoms with E-state index in [4.69, 9.17) is 5.11 Å². The molecule has 2 fully saturated rings. The number of carbonyl (C=O) groups excluding carboxylic acids is 2. The molecule has 0 spiro atoms. The van der Waals surface area contributed by atoms with Crippen molar-refractivity contribution in [2.45, 2.75) is 57.0 Å². The van der Waals surface area contributed by atoms with Gasteiger partial charge in [0.2, 0.25) is 11.8 Å². The zero-order valence-electron chi connectivity index (χ0n) is 10.7. The Morgan fingerprint density at radius 3 is 2.67 bits per heavy atom. The molecule has 18 heavy (non-hydrogen) atoms. The minimum Gasteiger partial charge on any atom is -0.396 e. The van der Waals surface area contributed by atoms with Gasteiger partial charge in [-0.3, -0.25) is 9.59 Å². The summed E-state index contributed by atoms with van der Waals surface area (Å²) in [6.45, 7) is 0.819. The van der Waals surface area contributed by atoms with Crippen molar-refractivity contribution in [3.8, 4) is 0 Å². The predicted octanol–water partition coefficient (Wildman–Crippen LogP) is 0.419. The van der Waals surface area contributed by atoms with Crippen molar-refractivity contribution in [1.82, 2.24) is 10.2 Å². The number of unbranched alkanes of at least 4 members (excludes halogenated alkanes) is 1. The van der Waals surface area contributed by atoms with Crippen molar-refractivity contribution in [3.05, 3.63) is 0 Å². The highest BCUT2D eigenvalue weighted by molar-refractivity contribution is 5.88. The van der Waals surface area contributed by atoms with Crippen LogP contribution in [-0.4, -0.2) is 47.1 Å². The van der Waals surface area contributed by atoms with E-state index in [-0.39, 0.29) is 24.5 Å². The summed E-state index contributed by atoms with van der Waals surface area (Å²) in [5, 5.41) is 11.7. The molecule has 2 rings (SSSR count). The fourth-order valence-corrected chi connectivity index (χ4v) is 2.39. The second-order valence-electron chi connectivity index (χ2n) is 5.21. The summed E-state index contributed by atoms with van der Waals surface area (Å²) in [6.07, 6.45) is 5.62. The average molecular weight is 254 g/mol. The normalized spacial score (nSPS) is 23.2. The molecular formula is C13H22N2O3. The molecule has 1 aliphatic carbocycles. The molecule has 0 aromatic rings. The Labute approximate surface area is 108 Å². The van der Waals surface area contributed by atoms with Crippen LogP contribution in [-0.2, 0) is 9.59 Å². The fourth-order valence-electron chi connectivity index (χ4n) is 2.39. The number of nitrogens with zero attached hydrogens (tertiary/aromatic N) is 1. The first-order valence-corrected chi connectivity index (χ1v) is 6.93. The lowest BCUT2D eigenvalue weighted by Gasteiger charge is -2.24. The highest BCUT2D eigenvalue weighted by Crippen LogP contribution is 2.23. The Hall–Kier alpha value is -1.10. The van der Waals surface area contributed by atoms with Crippen molar-refractivity contribution in [2.75, 3.05) is 13.2 Å². The Kier molecular flexibility index (Phi) is 4.58. The summed E-state index contributed by atoms with van der Waals surface area (Å²) in [5.41, 5.74) is 0. The van der Waals surface area contributed by atoms with E-state index in [1.54, 1.807) is 4.90 Å². The van der Waals surface area contributed by atoms with Crippen LogP contribution in [0.4, 0.5) is 0 Å². The molecule has 0 aromatic carbocycles. The average Bonchev–Trinajstić information content (AvgIpc) is 3.02. The summed E-state index contributed by atoms with van der Waals surface area (Å²) in [6, 6.07) is 0.0941. The van der Waals surface area contributed by atoms with Gasteiger partial charge in [0.1, 0.15) is 6.04 Å². The molecule has 2 amide bonds. The largest absolute Gasteiger partial charge is 0.396 e. The van der Waals surface area contributed by atoms with Crippen LogP contribution < -0.4 is 5.32 Å². The third-order valence-corrected chi connectivity index (χ3v) is 3.60. The van der Waals surface area contributed by atoms with E-state index in [1.165, 1.54) is 0 Å². The minimum atomic E-state index is -0.257. The monoisotopic (exact) mass is 254 g/mol. The van der Waals surface area contributed by atoms with E-state index in [0.717, 1.165) is 25.7 Å². The Morgan fingerprint density at radius 1 is 1.22 bits per heavy atom. The van der Waals surface area contributed by atoms with Gasteiger partial charge in [-0.25, -0.2) is 0 Å². The standard InChI is InChI=1S/C13H22N2O3/c16-9-2-1-5-12(17)15-8-3-4-11(15)13(18)14-10-6-7-10/h10-11,16H,1-9H2,(H,14,18). The molecule has 5 nitrogen and oxygen atoms in total. The molecule has 5 heteroatoms. The number of aliphatic hydroxyl groups excluding tert-OH is 1. The lowest BCUT2D eigenvalue weighted by atomic mass is 10.2. The second kappa shape index (κ2) is 6.18. The smallest absolute Gasteiger partial charge is 0.243 e. The SMILES string of the molecule is O=C(NC1CC1)C1CCCN1C(=O)CCCCO. The van der Waals surface area contributed by atoms with Crippen LogP contribution in [0.2, 0.25) is 0 Å². The molecular weight excluding hydrogens is 232 g/mol. The van der Waals surface area contributed by atoms with Crippen LogP contribution in [0.5, 0.6) is 0 Å². The molecule has 0 aromatic heterocycles. The number of amides is 2. The maximum absolute atomic E-state index is 12.0. The number of hydrogen-bond acceptors (Lipinski definition) is 3. The third kappa shape index (κ3) is 3.45. The molecule has 1 atom stereocenters. The van der Waals surface area contributed by atoms with Gasteiger partial charge in [0.15, 0.2) is 0 Å². The van der Waals surface area contributed by atoms with Gasteiger partial charge in [-0.15, -0.1) is 0 Å². The number of carbonyl (C=O) groups is 2. The van der Waals surface area contributed by atoms with E-state index in [2.05, 4.69) is 5.32 Å². The third-order valence-electron chi connectivity index (χ3n) is 3.60. The molecule has 2 aliphatic rings. The maximum atomic E-state index is 12.0. The van der Waals surface area contributed by atoms with Gasteiger partial charge in [0.05, 0.1) is 0 Å². The molecule has 1 heterocycles. The van der Waals surface area contributed by atoms with Gasteiger partial charge in [-0.1, -0.05) is 0 Å². The molecule has 0 bridgehead atoms. The fraction of sp³-hybridized carbons (Fsp3) is 0.846. The summed E-state index contributed by atoms with van der Waals surface area (Å²) in [4.78, 5) is 25.7. The zero-order valence-corrected chi connectivity index (χ0v) is 10.7. The highest BCUT2D eigenvalue weighted by atomic mass is 16.3. The van der Waals surface area contributed by atoms with E-state index in [0.29, 0.717) is 31.8 Å². The number of rotatable bonds is 6. The first kappa shape index (κ1) is 13.3. The quantitative estimate of drug-likeness (QED) is 0.675. The molecule has 1 unspecified atom stereocenters. The van der Waals surface area contributed by atoms with Crippen LogP contribution >= 0.6 is 0 Å². The van der Waals surface area contributed by atoms with Gasteiger partial charge >= 0.3 is 0 Å². The highest BCUT2D eigenvalue weighted by Gasteiger charge is 2.35. The first-order chi connectivity index (χ1) is 8.72. The lowest BCUT2D eigenvalue weighted by Crippen LogP contribution is -2.46. The number of hydrogen-bond donors (Lipinski definition) is 2. The van der Waals surface area contributed by atoms with Crippen molar-refractivity contribution in [2.24, 2.45) is 0 Å². The van der Waals surface area contributed by atoms with Crippen molar-refractivity contribution in [1.29, 1.82) is 0 Å². The Morgan fingerprint density at radius 2 is 2.00 bits per heavy atom. The lowest BCUT2D eigenvalue weighted by molar-refractivity contribution is -0.138. The van der Waals surface area contributed by atoms with E-state index >= 15 is 0 Å². The minimum absolute atomic E-state index is 0.0190. The Bertz CT molecular complexity index is 315. The molecule has 1 aliphatic heterocycles. The first-order valence-electron chi connectivity index (χ1n) is 6.93. The number of likely N-dealkylation sites (tertiary alicyclic amines) is 1. The summed E-state index contributed by atoms with van der Waals surface area (Å²) >= 11 is 0. The second-order valence-corrected chi connectivity index (χ2v) is 5.21. The zero-order chi connectivity index (χ0) is 13.0. The van der Waals surface area contributed by atoms with Gasteiger partial charge in [-0.2, -0.15) is 0 Å².